The van der Waals surface area contributed by atoms with Gasteiger partial charge in [0.05, 0.1) is 5.69 Å². The van der Waals surface area contributed by atoms with Crippen LogP contribution in [-0.2, 0) is 0 Å². The Balaban J connectivity index is 1.76. The van der Waals surface area contributed by atoms with Crippen LogP contribution >= 0.6 is 0 Å². The van der Waals surface area contributed by atoms with Crippen LogP contribution in [-0.4, -0.2) is 26.2 Å². The largest absolute Gasteiger partial charge is 0.573 e. The van der Waals surface area contributed by atoms with Crippen molar-refractivity contribution in [2.45, 2.75) is 13.3 Å². The Morgan fingerprint density at radius 1 is 0.926 bits per heavy atom. The molecule has 4 aromatic rings. The van der Waals surface area contributed by atoms with Crippen LogP contribution in [0.25, 0.3) is 28.3 Å². The molecule has 2 aromatic heterocycles. The molecule has 0 saturated heterocycles. The summed E-state index contributed by atoms with van der Waals surface area (Å²) >= 11 is 0. The highest BCUT2D eigenvalue weighted by Gasteiger charge is 2.31. The van der Waals surface area contributed by atoms with Gasteiger partial charge in [0.25, 0.3) is 0 Å². The smallest absolute Gasteiger partial charge is 0.406 e. The normalized spacial score (nSPS) is 11.7. The quantitative estimate of drug-likeness (QED) is 0.526. The minimum Gasteiger partial charge on any atom is -0.406 e. The lowest BCUT2D eigenvalue weighted by molar-refractivity contribution is -0.274. The summed E-state index contributed by atoms with van der Waals surface area (Å²) in [5.41, 5.74) is 3.33. The van der Waals surface area contributed by atoms with Crippen LogP contribution in [0.15, 0.2) is 60.7 Å². The van der Waals surface area contributed by atoms with Crippen molar-refractivity contribution in [2.24, 2.45) is 0 Å². The molecule has 0 radical (unpaired) electrons. The summed E-state index contributed by atoms with van der Waals surface area (Å²) in [6.07, 6.45) is -4.72. The fourth-order valence-corrected chi connectivity index (χ4v) is 2.82. The highest BCUT2D eigenvalue weighted by Crippen LogP contribution is 2.29. The molecule has 0 fully saturated rings. The second-order valence-corrected chi connectivity index (χ2v) is 5.90. The van der Waals surface area contributed by atoms with Crippen molar-refractivity contribution in [2.75, 3.05) is 0 Å². The molecule has 8 heteroatoms. The molecule has 0 aliphatic carbocycles. The Morgan fingerprint density at radius 2 is 1.70 bits per heavy atom. The van der Waals surface area contributed by atoms with E-state index in [9.17, 15) is 13.2 Å². The zero-order chi connectivity index (χ0) is 19.0. The number of rotatable bonds is 3. The topological polar surface area (TPSA) is 52.3 Å². The van der Waals surface area contributed by atoms with E-state index in [1.165, 1.54) is 12.1 Å². The van der Waals surface area contributed by atoms with Crippen molar-refractivity contribution in [1.82, 2.24) is 19.8 Å². The van der Waals surface area contributed by atoms with E-state index in [4.69, 9.17) is 0 Å². The Labute approximate surface area is 152 Å². The average molecular weight is 370 g/mol. The van der Waals surface area contributed by atoms with E-state index in [0.29, 0.717) is 28.3 Å². The van der Waals surface area contributed by atoms with Gasteiger partial charge in [-0.3, -0.25) is 0 Å². The number of halogens is 3. The van der Waals surface area contributed by atoms with E-state index in [-0.39, 0.29) is 5.75 Å². The van der Waals surface area contributed by atoms with Gasteiger partial charge in [-0.25, -0.2) is 0 Å². The summed E-state index contributed by atoms with van der Waals surface area (Å²) in [5.74, 6) is 0.321. The molecule has 5 nitrogen and oxygen atoms in total. The molecular formula is C19H13F3N4O. The molecule has 0 aliphatic heterocycles. The summed E-state index contributed by atoms with van der Waals surface area (Å²) in [6, 6.07) is 17.2. The van der Waals surface area contributed by atoms with Crippen LogP contribution in [0.5, 0.6) is 5.75 Å². The second kappa shape index (κ2) is 6.39. The molecule has 2 heterocycles. The van der Waals surface area contributed by atoms with Gasteiger partial charge in [-0.05, 0) is 42.8 Å². The van der Waals surface area contributed by atoms with Gasteiger partial charge in [0.15, 0.2) is 11.5 Å². The maximum atomic E-state index is 12.4. The van der Waals surface area contributed by atoms with Crippen molar-refractivity contribution in [3.05, 3.63) is 66.2 Å². The molecule has 0 saturated carbocycles. The van der Waals surface area contributed by atoms with Gasteiger partial charge < -0.3 is 4.74 Å². The third kappa shape index (κ3) is 3.46. The first-order valence-corrected chi connectivity index (χ1v) is 8.05. The first kappa shape index (κ1) is 17.0. The first-order chi connectivity index (χ1) is 12.9. The predicted molar refractivity (Wildman–Crippen MR) is 93.1 cm³/mol. The third-order valence-corrected chi connectivity index (χ3v) is 4.00. The highest BCUT2D eigenvalue weighted by molar-refractivity contribution is 5.66. The van der Waals surface area contributed by atoms with Crippen LogP contribution in [0.1, 0.15) is 5.56 Å². The zero-order valence-corrected chi connectivity index (χ0v) is 14.1. The summed E-state index contributed by atoms with van der Waals surface area (Å²) in [7, 11) is 0. The number of ether oxygens (including phenoxy) is 1. The molecule has 0 bridgehead atoms. The maximum Gasteiger partial charge on any atom is 0.573 e. The van der Waals surface area contributed by atoms with E-state index in [1.807, 2.05) is 30.3 Å². The van der Waals surface area contributed by atoms with Gasteiger partial charge in [-0.1, -0.05) is 30.3 Å². The van der Waals surface area contributed by atoms with E-state index < -0.39 is 6.36 Å². The molecule has 4 rings (SSSR count). The lowest BCUT2D eigenvalue weighted by Crippen LogP contribution is -2.17. The molecule has 0 atom stereocenters. The van der Waals surface area contributed by atoms with Crippen LogP contribution < -0.4 is 4.74 Å². The minimum atomic E-state index is -4.72. The van der Waals surface area contributed by atoms with Crippen LogP contribution in [0.3, 0.4) is 0 Å². The third-order valence-electron chi connectivity index (χ3n) is 4.00. The fourth-order valence-electron chi connectivity index (χ4n) is 2.82. The number of aromatic nitrogens is 4. The summed E-state index contributed by atoms with van der Waals surface area (Å²) in [4.78, 5) is 0. The average Bonchev–Trinajstić information content (AvgIpc) is 3.04. The Bertz CT molecular complexity index is 1110. The molecule has 136 valence electrons. The van der Waals surface area contributed by atoms with Gasteiger partial charge in [0.2, 0.25) is 0 Å². The second-order valence-electron chi connectivity index (χ2n) is 5.90. The number of hydrogen-bond acceptors (Lipinski definition) is 4. The Kier molecular flexibility index (Phi) is 4.02. The van der Waals surface area contributed by atoms with Gasteiger partial charge in [-0.2, -0.15) is 9.61 Å². The summed E-state index contributed by atoms with van der Waals surface area (Å²) in [6.45, 7) is 1.70. The number of fused-ring (bicyclic) bond motifs is 1. The van der Waals surface area contributed by atoms with E-state index in [1.54, 1.807) is 29.6 Å². The maximum absolute atomic E-state index is 12.4. The Morgan fingerprint density at radius 3 is 2.41 bits per heavy atom. The van der Waals surface area contributed by atoms with E-state index in [2.05, 4.69) is 20.0 Å². The minimum absolute atomic E-state index is 0.265. The monoisotopic (exact) mass is 370 g/mol. The molecule has 0 unspecified atom stereocenters. The van der Waals surface area contributed by atoms with Crippen LogP contribution in [0.2, 0.25) is 0 Å². The standard InChI is InChI=1S/C19H13F3N4O/c1-12-11-14(27-19(20,21)22)7-8-15(12)16-9-10-17-23-24-18(26(17)25-16)13-5-3-2-4-6-13/h2-11H,1H3. The molecule has 0 N–H and O–H groups in total. The van der Waals surface area contributed by atoms with Gasteiger partial charge >= 0.3 is 6.36 Å². The number of nitrogens with zero attached hydrogens (tertiary/aromatic N) is 4. The molecule has 0 amide bonds. The number of benzene rings is 2. The van der Waals surface area contributed by atoms with E-state index in [0.717, 1.165) is 5.56 Å². The van der Waals surface area contributed by atoms with Crippen molar-refractivity contribution >= 4 is 5.65 Å². The number of aryl methyl sites for hydroxylation is 1. The summed E-state index contributed by atoms with van der Waals surface area (Å²) in [5, 5.41) is 12.9. The van der Waals surface area contributed by atoms with Gasteiger partial charge in [0, 0.05) is 11.1 Å². The first-order valence-electron chi connectivity index (χ1n) is 8.05. The predicted octanol–water partition coefficient (Wildman–Crippen LogP) is 4.67. The van der Waals surface area contributed by atoms with Gasteiger partial charge in [0.1, 0.15) is 5.75 Å². The fraction of sp³-hybridized carbons (Fsp3) is 0.105. The van der Waals surface area contributed by atoms with Gasteiger partial charge in [-0.15, -0.1) is 23.4 Å². The molecule has 27 heavy (non-hydrogen) atoms. The molecule has 2 aromatic carbocycles. The lowest BCUT2D eigenvalue weighted by Gasteiger charge is -2.11. The van der Waals surface area contributed by atoms with Crippen LogP contribution in [0, 0.1) is 6.92 Å². The van der Waals surface area contributed by atoms with E-state index >= 15 is 0 Å². The molecule has 0 spiro atoms. The van der Waals surface area contributed by atoms with Crippen LogP contribution in [0.4, 0.5) is 13.2 Å². The SMILES string of the molecule is Cc1cc(OC(F)(F)F)ccc1-c1ccc2nnc(-c3ccccc3)n2n1. The zero-order valence-electron chi connectivity index (χ0n) is 14.1. The summed E-state index contributed by atoms with van der Waals surface area (Å²) < 4.78 is 42.7. The van der Waals surface area contributed by atoms with Crippen molar-refractivity contribution in [3.8, 4) is 28.4 Å². The number of hydrogen-bond donors (Lipinski definition) is 0. The molecular weight excluding hydrogens is 357 g/mol. The van der Waals surface area contributed by atoms with Crippen molar-refractivity contribution in [3.63, 3.8) is 0 Å². The Hall–Kier alpha value is -3.42. The highest BCUT2D eigenvalue weighted by atomic mass is 19.4. The van der Waals surface area contributed by atoms with Crippen molar-refractivity contribution in [1.29, 1.82) is 0 Å². The number of alkyl halides is 3. The molecule has 0 aliphatic rings. The van der Waals surface area contributed by atoms with Crippen molar-refractivity contribution < 1.29 is 17.9 Å². The lowest BCUT2D eigenvalue weighted by atomic mass is 10.1.